The predicted molar refractivity (Wildman–Crippen MR) is 117 cm³/mol. The second-order valence-electron chi connectivity index (χ2n) is 8.67. The highest BCUT2D eigenvalue weighted by Crippen LogP contribution is 2.39. The minimum atomic E-state index is -0.573. The first-order valence-electron chi connectivity index (χ1n) is 10.3. The molecular weight excluding hydrogens is 396 g/mol. The second kappa shape index (κ2) is 7.94. The number of aromatic nitrogens is 2. The van der Waals surface area contributed by atoms with E-state index in [0.29, 0.717) is 23.4 Å². The van der Waals surface area contributed by atoms with Crippen LogP contribution in [0.5, 0.6) is 0 Å². The van der Waals surface area contributed by atoms with Crippen LogP contribution in [-0.4, -0.2) is 33.6 Å². The Morgan fingerprint density at radius 2 is 2.16 bits per heavy atom. The van der Waals surface area contributed by atoms with Crippen LogP contribution in [-0.2, 0) is 4.74 Å². The van der Waals surface area contributed by atoms with Crippen LogP contribution in [0.3, 0.4) is 0 Å². The third-order valence-corrected chi connectivity index (χ3v) is 5.17. The lowest BCUT2D eigenvalue weighted by Crippen LogP contribution is -2.40. The van der Waals surface area contributed by atoms with E-state index in [1.165, 1.54) is 6.20 Å². The molecule has 1 unspecified atom stereocenters. The van der Waals surface area contributed by atoms with Gasteiger partial charge in [-0.05, 0) is 57.7 Å². The summed E-state index contributed by atoms with van der Waals surface area (Å²) in [4.78, 5) is 32.1. The quantitative estimate of drug-likeness (QED) is 0.576. The van der Waals surface area contributed by atoms with Crippen LogP contribution in [0.1, 0.15) is 56.0 Å². The summed E-state index contributed by atoms with van der Waals surface area (Å²) in [5.74, 6) is 0.106. The molecule has 0 bridgehead atoms. The molecule has 31 heavy (non-hydrogen) atoms. The highest BCUT2D eigenvalue weighted by atomic mass is 16.6. The van der Waals surface area contributed by atoms with Crippen LogP contribution in [0.25, 0.3) is 27.9 Å². The third kappa shape index (κ3) is 4.33. The van der Waals surface area contributed by atoms with E-state index in [2.05, 4.69) is 21.4 Å². The number of carbonyl (C=O) groups is 2. The summed E-state index contributed by atoms with van der Waals surface area (Å²) in [5.41, 5.74) is 8.56. The van der Waals surface area contributed by atoms with Crippen LogP contribution in [0, 0.1) is 0 Å². The van der Waals surface area contributed by atoms with E-state index < -0.39 is 17.6 Å². The van der Waals surface area contributed by atoms with Gasteiger partial charge in [-0.2, -0.15) is 0 Å². The Labute approximate surface area is 179 Å². The zero-order valence-electron chi connectivity index (χ0n) is 17.8. The summed E-state index contributed by atoms with van der Waals surface area (Å²) in [5, 5.41) is 3.72. The highest BCUT2D eigenvalue weighted by Gasteiger charge is 2.27. The van der Waals surface area contributed by atoms with E-state index >= 15 is 0 Å². The summed E-state index contributed by atoms with van der Waals surface area (Å²) in [6.07, 6.45) is 8.61. The number of primary amides is 1. The number of nitrogens with zero attached hydrogens (tertiary/aromatic N) is 1. The number of H-pyrrole nitrogens is 1. The van der Waals surface area contributed by atoms with Crippen LogP contribution >= 0.6 is 0 Å². The average molecular weight is 422 g/mol. The Kier molecular flexibility index (Phi) is 5.31. The van der Waals surface area contributed by atoms with Crippen molar-refractivity contribution in [1.29, 1.82) is 0 Å². The number of alkyl carbamates (subject to hydrolysis) is 1. The summed E-state index contributed by atoms with van der Waals surface area (Å²) >= 11 is 0. The number of aromatic amines is 1. The molecule has 3 aromatic heterocycles. The van der Waals surface area contributed by atoms with Gasteiger partial charge in [0.2, 0.25) is 0 Å². The topological polar surface area (TPSA) is 123 Å². The number of pyridine rings is 1. The van der Waals surface area contributed by atoms with Gasteiger partial charge in [-0.3, -0.25) is 4.79 Å². The number of ether oxygens (including phenoxy) is 1. The molecule has 1 aliphatic carbocycles. The number of hydrogen-bond acceptors (Lipinski definition) is 5. The van der Waals surface area contributed by atoms with Gasteiger partial charge < -0.3 is 25.2 Å². The first-order valence-corrected chi connectivity index (χ1v) is 10.3. The van der Waals surface area contributed by atoms with E-state index in [-0.39, 0.29) is 6.04 Å². The Bertz CT molecular complexity index is 1150. The molecule has 0 aliphatic heterocycles. The van der Waals surface area contributed by atoms with Crippen molar-refractivity contribution in [3.05, 3.63) is 48.0 Å². The zero-order chi connectivity index (χ0) is 22.2. The summed E-state index contributed by atoms with van der Waals surface area (Å²) in [7, 11) is 0. The molecule has 3 heterocycles. The standard InChI is InChI=1S/C23H26N4O4/c1-23(2,3)31-22(29)27-14-7-4-6-13(10-14)18-16(20(24)28)12-26-21-19(18)15(11-25-21)17-8-5-9-30-17/h5-6,8-9,11-12,14H,4,7,10H2,1-3H3,(H2,24,28)(H,25,26)(H,27,29). The predicted octanol–water partition coefficient (Wildman–Crippen LogP) is 4.38. The molecule has 8 nitrogen and oxygen atoms in total. The van der Waals surface area contributed by atoms with Crippen molar-refractivity contribution in [2.45, 2.75) is 51.7 Å². The fourth-order valence-electron chi connectivity index (χ4n) is 3.95. The SMILES string of the molecule is CC(C)(C)OC(=O)NC1CCC=C(c2c(C(N)=O)cnc3[nH]cc(-c4ccco4)c23)C1. The highest BCUT2D eigenvalue weighted by molar-refractivity contribution is 6.09. The molecule has 0 radical (unpaired) electrons. The number of amides is 2. The lowest BCUT2D eigenvalue weighted by Gasteiger charge is -2.27. The Morgan fingerprint density at radius 3 is 2.84 bits per heavy atom. The molecule has 1 aliphatic rings. The number of nitrogens with two attached hydrogens (primary N) is 1. The van der Waals surface area contributed by atoms with Gasteiger partial charge in [-0.25, -0.2) is 9.78 Å². The normalized spacial score (nSPS) is 16.7. The molecule has 0 saturated carbocycles. The van der Waals surface area contributed by atoms with Crippen molar-refractivity contribution >= 4 is 28.6 Å². The number of furan rings is 1. The molecule has 162 valence electrons. The minimum absolute atomic E-state index is 0.121. The monoisotopic (exact) mass is 422 g/mol. The lowest BCUT2D eigenvalue weighted by molar-refractivity contribution is 0.0502. The Balaban J connectivity index is 1.73. The molecule has 0 aromatic carbocycles. The molecule has 2 amide bonds. The second-order valence-corrected chi connectivity index (χ2v) is 8.67. The number of rotatable bonds is 4. The van der Waals surface area contributed by atoms with E-state index in [9.17, 15) is 9.59 Å². The molecule has 4 N–H and O–H groups in total. The molecule has 8 heteroatoms. The zero-order valence-corrected chi connectivity index (χ0v) is 17.8. The minimum Gasteiger partial charge on any atom is -0.464 e. The largest absolute Gasteiger partial charge is 0.464 e. The summed E-state index contributed by atoms with van der Waals surface area (Å²) in [6, 6.07) is 3.54. The van der Waals surface area contributed by atoms with Gasteiger partial charge in [0.25, 0.3) is 5.91 Å². The number of allylic oxidation sites excluding steroid dienone is 1. The lowest BCUT2D eigenvalue weighted by atomic mass is 9.86. The smallest absolute Gasteiger partial charge is 0.407 e. The van der Waals surface area contributed by atoms with Gasteiger partial charge in [-0.15, -0.1) is 0 Å². The van der Waals surface area contributed by atoms with Gasteiger partial charge in [-0.1, -0.05) is 6.08 Å². The fourth-order valence-corrected chi connectivity index (χ4v) is 3.95. The van der Waals surface area contributed by atoms with E-state index in [1.54, 1.807) is 12.3 Å². The number of carbonyl (C=O) groups excluding carboxylic acids is 2. The van der Waals surface area contributed by atoms with Crippen LogP contribution in [0.4, 0.5) is 4.79 Å². The summed E-state index contributed by atoms with van der Waals surface area (Å²) in [6.45, 7) is 5.48. The van der Waals surface area contributed by atoms with Gasteiger partial charge in [0.1, 0.15) is 17.0 Å². The van der Waals surface area contributed by atoms with Crippen molar-refractivity contribution < 1.29 is 18.7 Å². The molecular formula is C23H26N4O4. The average Bonchev–Trinajstić information content (AvgIpc) is 3.35. The van der Waals surface area contributed by atoms with Crippen LogP contribution in [0.15, 0.2) is 41.3 Å². The maximum Gasteiger partial charge on any atom is 0.407 e. The van der Waals surface area contributed by atoms with Crippen LogP contribution < -0.4 is 11.1 Å². The molecule has 3 aromatic rings. The van der Waals surface area contributed by atoms with Crippen molar-refractivity contribution in [2.24, 2.45) is 5.73 Å². The maximum absolute atomic E-state index is 12.3. The first kappa shape index (κ1) is 20.7. The first-order chi connectivity index (χ1) is 14.7. The Hall–Kier alpha value is -3.55. The van der Waals surface area contributed by atoms with Crippen molar-refractivity contribution in [3.8, 4) is 11.3 Å². The van der Waals surface area contributed by atoms with Crippen molar-refractivity contribution in [3.63, 3.8) is 0 Å². The van der Waals surface area contributed by atoms with Crippen molar-refractivity contribution in [2.75, 3.05) is 0 Å². The maximum atomic E-state index is 12.3. The number of hydrogen-bond donors (Lipinski definition) is 3. The molecule has 0 spiro atoms. The fraction of sp³-hybridized carbons (Fsp3) is 0.348. The van der Waals surface area contributed by atoms with Gasteiger partial charge in [0.05, 0.1) is 11.8 Å². The van der Waals surface area contributed by atoms with Gasteiger partial charge in [0.15, 0.2) is 0 Å². The van der Waals surface area contributed by atoms with Gasteiger partial charge >= 0.3 is 6.09 Å². The van der Waals surface area contributed by atoms with E-state index in [0.717, 1.165) is 34.9 Å². The van der Waals surface area contributed by atoms with Crippen LogP contribution in [0.2, 0.25) is 0 Å². The molecule has 4 rings (SSSR count). The Morgan fingerprint density at radius 1 is 1.35 bits per heavy atom. The third-order valence-electron chi connectivity index (χ3n) is 5.17. The van der Waals surface area contributed by atoms with E-state index in [1.807, 2.05) is 33.0 Å². The number of nitrogens with one attached hydrogen (secondary N) is 2. The molecule has 0 saturated heterocycles. The molecule has 0 fully saturated rings. The number of fused-ring (bicyclic) bond motifs is 1. The molecule has 1 atom stereocenters. The van der Waals surface area contributed by atoms with Gasteiger partial charge in [0, 0.05) is 34.9 Å². The van der Waals surface area contributed by atoms with E-state index in [4.69, 9.17) is 14.9 Å². The summed E-state index contributed by atoms with van der Waals surface area (Å²) < 4.78 is 11.0. The van der Waals surface area contributed by atoms with Crippen molar-refractivity contribution in [1.82, 2.24) is 15.3 Å².